The number of aliphatic hydroxyl groups is 1. The van der Waals surface area contributed by atoms with E-state index in [9.17, 15) is 19.5 Å². The van der Waals surface area contributed by atoms with Crippen molar-refractivity contribution in [1.29, 1.82) is 0 Å². The molecule has 0 aliphatic carbocycles. The van der Waals surface area contributed by atoms with Crippen LogP contribution in [0.25, 0.3) is 11.4 Å². The summed E-state index contributed by atoms with van der Waals surface area (Å²) in [6, 6.07) is 9.54. The normalized spacial score (nSPS) is 16.5. The summed E-state index contributed by atoms with van der Waals surface area (Å²) in [5.74, 6) is -2.34. The highest BCUT2D eigenvalue weighted by Crippen LogP contribution is 2.44. The molecule has 4 aromatic rings. The van der Waals surface area contributed by atoms with Gasteiger partial charge in [0.1, 0.15) is 28.6 Å². The van der Waals surface area contributed by atoms with Gasteiger partial charge in [0.05, 0.1) is 30.1 Å². The summed E-state index contributed by atoms with van der Waals surface area (Å²) in [6.07, 6.45) is 3.41. The van der Waals surface area contributed by atoms with Crippen molar-refractivity contribution < 1.29 is 29.0 Å². The van der Waals surface area contributed by atoms with Crippen molar-refractivity contribution >= 4 is 45.5 Å². The number of benzene rings is 1. The Morgan fingerprint density at radius 3 is 2.65 bits per heavy atom. The van der Waals surface area contributed by atoms with Crippen LogP contribution in [0.2, 0.25) is 0 Å². The van der Waals surface area contributed by atoms with Crippen molar-refractivity contribution in [1.82, 2.24) is 14.4 Å². The number of hydrogen-bond acceptors (Lipinski definition) is 9. The number of aryl methyl sites for hydroxylation is 3. The molecule has 204 valence electrons. The number of pyridine rings is 1. The van der Waals surface area contributed by atoms with Crippen LogP contribution in [0.3, 0.4) is 0 Å². The molecule has 0 radical (unpaired) electrons. The van der Waals surface area contributed by atoms with E-state index in [1.165, 1.54) is 12.0 Å². The minimum Gasteiger partial charge on any atom is -0.505 e. The molecular weight excluding hydrogens is 532 g/mol. The summed E-state index contributed by atoms with van der Waals surface area (Å²) >= 11 is 0.929. The summed E-state index contributed by atoms with van der Waals surface area (Å²) in [5.41, 5.74) is 2.97. The zero-order valence-corrected chi connectivity index (χ0v) is 23.1. The number of carbonyl (C=O) groups is 3. The average molecular weight is 559 g/mol. The van der Waals surface area contributed by atoms with Gasteiger partial charge in [0.2, 0.25) is 0 Å². The van der Waals surface area contributed by atoms with Crippen LogP contribution < -0.4 is 9.64 Å². The molecule has 1 unspecified atom stereocenters. The molecule has 10 nitrogen and oxygen atoms in total. The van der Waals surface area contributed by atoms with Gasteiger partial charge in [-0.2, -0.15) is 0 Å². The zero-order chi connectivity index (χ0) is 28.7. The number of hydrogen-bond donors (Lipinski definition) is 1. The largest absolute Gasteiger partial charge is 0.505 e. The fourth-order valence-corrected chi connectivity index (χ4v) is 5.73. The van der Waals surface area contributed by atoms with Gasteiger partial charge in [0, 0.05) is 6.20 Å². The second kappa shape index (κ2) is 10.4. The highest BCUT2D eigenvalue weighted by molar-refractivity contribution is 7.17. The van der Waals surface area contributed by atoms with Crippen LogP contribution in [0.1, 0.15) is 43.9 Å². The molecule has 1 aliphatic rings. The minimum atomic E-state index is -1.08. The van der Waals surface area contributed by atoms with Crippen LogP contribution in [-0.2, 0) is 14.3 Å². The van der Waals surface area contributed by atoms with Crippen LogP contribution in [0.4, 0.5) is 5.13 Å². The van der Waals surface area contributed by atoms with Crippen LogP contribution >= 0.6 is 11.3 Å². The SMILES string of the molecule is C=CCOc1cccc(C2/C(=C(\O)c3nc4c(C)cccn4c3C)C(=O)C(=O)N2c2nc(C)c(C(=O)OC)s2)c1. The molecule has 1 N–H and O–H groups in total. The quantitative estimate of drug-likeness (QED) is 0.114. The predicted molar refractivity (Wildman–Crippen MR) is 150 cm³/mol. The smallest absolute Gasteiger partial charge is 0.350 e. The number of rotatable bonds is 7. The molecule has 1 aliphatic heterocycles. The number of imidazole rings is 1. The predicted octanol–water partition coefficient (Wildman–Crippen LogP) is 4.69. The maximum Gasteiger partial charge on any atom is 0.350 e. The Morgan fingerprint density at radius 2 is 1.95 bits per heavy atom. The molecule has 1 amide bonds. The summed E-state index contributed by atoms with van der Waals surface area (Å²) in [6.45, 7) is 9.19. The Kier molecular flexibility index (Phi) is 6.99. The van der Waals surface area contributed by atoms with E-state index in [0.29, 0.717) is 28.3 Å². The molecule has 0 bridgehead atoms. The first-order valence-corrected chi connectivity index (χ1v) is 13.1. The van der Waals surface area contributed by atoms with Crippen LogP contribution in [-0.4, -0.2) is 50.9 Å². The number of fused-ring (bicyclic) bond motifs is 1. The number of methoxy groups -OCH3 is 1. The summed E-state index contributed by atoms with van der Waals surface area (Å²) < 4.78 is 12.4. The fraction of sp³-hybridized carbons (Fsp3) is 0.207. The Morgan fingerprint density at radius 1 is 1.18 bits per heavy atom. The van der Waals surface area contributed by atoms with Crippen molar-refractivity contribution in [3.05, 3.63) is 93.9 Å². The number of amides is 1. The van der Waals surface area contributed by atoms with Gasteiger partial charge in [0.15, 0.2) is 10.9 Å². The molecular formula is C29H26N4O6S. The maximum atomic E-state index is 13.6. The number of ether oxygens (including phenoxy) is 2. The number of nitrogens with zero attached hydrogens (tertiary/aromatic N) is 4. The van der Waals surface area contributed by atoms with E-state index in [-0.39, 0.29) is 27.9 Å². The first-order chi connectivity index (χ1) is 19.2. The molecule has 40 heavy (non-hydrogen) atoms. The van der Waals surface area contributed by atoms with Crippen LogP contribution in [0, 0.1) is 20.8 Å². The number of thiazole rings is 1. The van der Waals surface area contributed by atoms with Gasteiger partial charge in [0.25, 0.3) is 5.78 Å². The Balaban J connectivity index is 1.75. The fourth-order valence-electron chi connectivity index (χ4n) is 4.72. The van der Waals surface area contributed by atoms with Gasteiger partial charge in [-0.15, -0.1) is 0 Å². The average Bonchev–Trinajstić information content (AvgIpc) is 3.58. The molecule has 1 atom stereocenters. The van der Waals surface area contributed by atoms with Crippen molar-refractivity contribution in [2.45, 2.75) is 26.8 Å². The summed E-state index contributed by atoms with van der Waals surface area (Å²) in [5, 5.41) is 11.8. The van der Waals surface area contributed by atoms with E-state index in [4.69, 9.17) is 9.47 Å². The molecule has 0 saturated carbocycles. The Hall–Kier alpha value is -4.77. The molecule has 5 rings (SSSR count). The van der Waals surface area contributed by atoms with Gasteiger partial charge in [-0.3, -0.25) is 14.5 Å². The van der Waals surface area contributed by atoms with Gasteiger partial charge in [-0.25, -0.2) is 14.8 Å². The molecule has 1 saturated heterocycles. The number of anilines is 1. The Labute approximate surface area is 233 Å². The number of Topliss-reactive ketones (excluding diaryl/α,β-unsaturated/α-hetero) is 1. The standard InChI is InChI=1S/C29H26N4O6S/c1-6-13-39-19-11-7-10-18(14-19)22-20(23(34)21-17(4)32-12-8-9-15(2)26(32)31-21)24(35)27(36)33(22)29-30-16(3)25(40-29)28(37)38-5/h6-12,14,22,34H,1,13H2,2-5H3/b23-20+. The summed E-state index contributed by atoms with van der Waals surface area (Å²) in [7, 11) is 1.25. The highest BCUT2D eigenvalue weighted by atomic mass is 32.1. The van der Waals surface area contributed by atoms with E-state index < -0.39 is 29.5 Å². The lowest BCUT2D eigenvalue weighted by Crippen LogP contribution is -2.29. The van der Waals surface area contributed by atoms with Crippen molar-refractivity contribution in [3.63, 3.8) is 0 Å². The third-order valence-electron chi connectivity index (χ3n) is 6.66. The maximum absolute atomic E-state index is 13.6. The third-order valence-corrected chi connectivity index (χ3v) is 7.79. The molecule has 3 aromatic heterocycles. The Bertz CT molecular complexity index is 1730. The summed E-state index contributed by atoms with van der Waals surface area (Å²) in [4.78, 5) is 49.9. The zero-order valence-electron chi connectivity index (χ0n) is 22.3. The van der Waals surface area contributed by atoms with Gasteiger partial charge >= 0.3 is 11.9 Å². The van der Waals surface area contributed by atoms with Crippen LogP contribution in [0.5, 0.6) is 5.75 Å². The second-order valence-corrected chi connectivity index (χ2v) is 10.2. The van der Waals surface area contributed by atoms with Crippen molar-refractivity contribution in [3.8, 4) is 5.75 Å². The first-order valence-electron chi connectivity index (χ1n) is 12.3. The van der Waals surface area contributed by atoms with E-state index in [0.717, 1.165) is 16.9 Å². The van der Waals surface area contributed by atoms with Gasteiger partial charge < -0.3 is 19.0 Å². The lowest BCUT2D eigenvalue weighted by atomic mass is 9.96. The third kappa shape index (κ3) is 4.34. The number of aromatic nitrogens is 3. The van der Waals surface area contributed by atoms with Crippen molar-refractivity contribution in [2.24, 2.45) is 0 Å². The monoisotopic (exact) mass is 558 g/mol. The topological polar surface area (TPSA) is 123 Å². The lowest BCUT2D eigenvalue weighted by Gasteiger charge is -2.23. The minimum absolute atomic E-state index is 0.115. The second-order valence-electron chi connectivity index (χ2n) is 9.17. The van der Waals surface area contributed by atoms with Gasteiger partial charge in [-0.05, 0) is 50.1 Å². The number of ketones is 1. The molecule has 1 fully saturated rings. The molecule has 11 heteroatoms. The van der Waals surface area contributed by atoms with E-state index in [1.807, 2.05) is 29.7 Å². The van der Waals surface area contributed by atoms with E-state index in [1.54, 1.807) is 44.2 Å². The van der Waals surface area contributed by atoms with Crippen molar-refractivity contribution in [2.75, 3.05) is 18.6 Å². The molecule has 0 spiro atoms. The molecule has 4 heterocycles. The molecule has 1 aromatic carbocycles. The van der Waals surface area contributed by atoms with Crippen LogP contribution in [0.15, 0.2) is 60.8 Å². The van der Waals surface area contributed by atoms with E-state index >= 15 is 0 Å². The number of esters is 1. The number of carbonyl (C=O) groups excluding carboxylic acids is 3. The van der Waals surface area contributed by atoms with E-state index in [2.05, 4.69) is 16.5 Å². The number of aliphatic hydroxyl groups excluding tert-OH is 1. The van der Waals surface area contributed by atoms with Gasteiger partial charge in [-0.1, -0.05) is 42.2 Å². The first kappa shape index (κ1) is 26.8. The highest BCUT2D eigenvalue weighted by Gasteiger charge is 2.49. The lowest BCUT2D eigenvalue weighted by molar-refractivity contribution is -0.132.